The summed E-state index contributed by atoms with van der Waals surface area (Å²) in [6.45, 7) is 13.0. The zero-order valence-corrected chi connectivity index (χ0v) is 46.0. The monoisotopic (exact) mass is 1040 g/mol. The zero-order chi connectivity index (χ0) is 54.7. The van der Waals surface area contributed by atoms with Crippen LogP contribution >= 0.6 is 0 Å². The molecule has 2 amide bonds. The number of aliphatic hydroxyl groups is 3. The first kappa shape index (κ1) is 62.6. The molecule has 4 rings (SSSR count). The Morgan fingerprint density at radius 2 is 1.64 bits per heavy atom. The van der Waals surface area contributed by atoms with E-state index in [0.29, 0.717) is 63.4 Å². The first-order valence-electron chi connectivity index (χ1n) is 27.2. The van der Waals surface area contributed by atoms with Crippen molar-refractivity contribution in [1.82, 2.24) is 10.2 Å². The minimum atomic E-state index is -2.50. The highest BCUT2D eigenvalue weighted by atomic mass is 16.6. The molecule has 3 fully saturated rings. The molecule has 2 unspecified atom stereocenters. The zero-order valence-electron chi connectivity index (χ0n) is 46.0. The van der Waals surface area contributed by atoms with Gasteiger partial charge in [0.05, 0.1) is 37.6 Å². The average Bonchev–Trinajstić information content (AvgIpc) is 3.38. The lowest BCUT2D eigenvalue weighted by atomic mass is 9.78. The average molecular weight is 1040 g/mol. The first-order valence-corrected chi connectivity index (χ1v) is 27.2. The molecule has 2 saturated heterocycles. The summed E-state index contributed by atoms with van der Waals surface area (Å²) in [5.74, 6) is -8.43. The van der Waals surface area contributed by atoms with Gasteiger partial charge < -0.3 is 54.0 Å². The number of piperidine rings is 1. The van der Waals surface area contributed by atoms with Crippen molar-refractivity contribution in [1.29, 1.82) is 0 Å². The van der Waals surface area contributed by atoms with E-state index in [9.17, 15) is 44.1 Å². The molecular weight excluding hydrogens is 953 g/mol. The van der Waals surface area contributed by atoms with Crippen molar-refractivity contribution in [3.8, 4) is 0 Å². The van der Waals surface area contributed by atoms with Crippen molar-refractivity contribution in [3.63, 3.8) is 0 Å². The SMILES string of the molecule is CNC(=O)CCCO[C@H]1C[C@@H]2CC[C@@H](C)[C@@](O)(O2)C(=O)C(=O)N2CCCC[C@H]2C(=O)OC([C@H](C)CC2CC[C@@H](OCCO)[C@H](OC)C2)CC(=O)[C@H](C)/C=C(\C)[C@@H](O)[C@@H](OC)C(=O)[C@H](C)C[C@H](C)/C=C/C=C/C=C/1C. The molecule has 418 valence electrons. The van der Waals surface area contributed by atoms with E-state index in [1.54, 1.807) is 47.9 Å². The molecule has 4 aliphatic rings. The predicted molar refractivity (Wildman–Crippen MR) is 278 cm³/mol. The largest absolute Gasteiger partial charge is 0.460 e. The Hall–Kier alpha value is -3.94. The van der Waals surface area contributed by atoms with E-state index >= 15 is 0 Å². The number of hydrogen-bond acceptors (Lipinski definition) is 15. The Morgan fingerprint density at radius 3 is 2.32 bits per heavy atom. The molecule has 3 heterocycles. The van der Waals surface area contributed by atoms with Crippen LogP contribution < -0.4 is 5.32 Å². The van der Waals surface area contributed by atoms with Gasteiger partial charge in [-0.25, -0.2) is 4.79 Å². The maximum Gasteiger partial charge on any atom is 0.329 e. The number of amides is 2. The van der Waals surface area contributed by atoms with Crippen molar-refractivity contribution in [2.24, 2.45) is 35.5 Å². The van der Waals surface area contributed by atoms with Gasteiger partial charge in [-0.1, -0.05) is 71.1 Å². The molecule has 4 N–H and O–H groups in total. The van der Waals surface area contributed by atoms with Crippen LogP contribution in [0.4, 0.5) is 0 Å². The fraction of sp³-hybridized carbons (Fsp3) is 0.754. The number of carbonyl (C=O) groups is 6. The quantitative estimate of drug-likeness (QED) is 0.0707. The highest BCUT2D eigenvalue weighted by Crippen LogP contribution is 2.38. The smallest absolute Gasteiger partial charge is 0.329 e. The second kappa shape index (κ2) is 30.7. The summed E-state index contributed by atoms with van der Waals surface area (Å²) in [6, 6.07) is -1.18. The van der Waals surface area contributed by atoms with Crippen LogP contribution in [-0.4, -0.2) is 158 Å². The third-order valence-electron chi connectivity index (χ3n) is 15.7. The summed E-state index contributed by atoms with van der Waals surface area (Å²) < 4.78 is 36.2. The van der Waals surface area contributed by atoms with Gasteiger partial charge >= 0.3 is 5.97 Å². The summed E-state index contributed by atoms with van der Waals surface area (Å²) in [5, 5.41) is 35.7. The van der Waals surface area contributed by atoms with Gasteiger partial charge in [0.25, 0.3) is 11.7 Å². The maximum absolute atomic E-state index is 14.6. The molecule has 1 aliphatic carbocycles. The van der Waals surface area contributed by atoms with E-state index in [0.717, 1.165) is 12.0 Å². The Balaban J connectivity index is 1.71. The van der Waals surface area contributed by atoms with Gasteiger partial charge in [-0.15, -0.1) is 0 Å². The van der Waals surface area contributed by atoms with Crippen LogP contribution in [-0.2, 0) is 57.2 Å². The van der Waals surface area contributed by atoms with Crippen molar-refractivity contribution in [2.45, 2.75) is 193 Å². The minimum absolute atomic E-state index is 0.0215. The number of esters is 1. The number of nitrogens with zero attached hydrogens (tertiary/aromatic N) is 1. The number of fused-ring (bicyclic) bond motifs is 3. The molecule has 0 spiro atoms. The topological polar surface area (TPSA) is 234 Å². The number of aliphatic hydroxyl groups excluding tert-OH is 2. The van der Waals surface area contributed by atoms with Gasteiger partial charge in [-0.05, 0) is 113 Å². The van der Waals surface area contributed by atoms with Crippen LogP contribution in [0.5, 0.6) is 0 Å². The summed E-state index contributed by atoms with van der Waals surface area (Å²) in [4.78, 5) is 84.7. The van der Waals surface area contributed by atoms with E-state index in [2.05, 4.69) is 5.32 Å². The van der Waals surface area contributed by atoms with Crippen LogP contribution in [0.2, 0.25) is 0 Å². The standard InChI is InChI=1S/C57H90N2O15/c1-35-17-12-11-13-18-36(2)47(71-27-16-20-50(62)58-8)33-43-23-21-41(7)57(68,74-43)54(65)55(66)59-25-15-14-19-44(59)56(67)73-48(38(4)31-42-22-24-46(72-28-26-60)49(32-42)69-9)34-45(61)37(3)30-40(6)52(64)53(70-10)51(63)39(5)29-35/h11-13,17-18,30,35,37-39,41-44,46-49,52-53,60,64,68H,14-16,19-29,31-34H2,1-10H3,(H,58,62)/b13-11+,17-12+,36-18+,40-30+/t35-,37-,38-,39-,41-,42?,43+,44+,46-,47+,48?,49-,52-,53+,57-/m1/s1. The van der Waals surface area contributed by atoms with Gasteiger partial charge in [0, 0.05) is 71.4 Å². The van der Waals surface area contributed by atoms with Gasteiger partial charge in [-0.3, -0.25) is 24.0 Å². The number of carbonyl (C=O) groups excluding carboxylic acids is 6. The number of Topliss-reactive ketones (excluding diaryl/α,β-unsaturated/α-hetero) is 3. The number of cyclic esters (lactones) is 1. The Kier molecular flexibility index (Phi) is 26.0. The summed E-state index contributed by atoms with van der Waals surface area (Å²) in [7, 11) is 4.57. The Labute approximate surface area is 440 Å². The summed E-state index contributed by atoms with van der Waals surface area (Å²) >= 11 is 0. The van der Waals surface area contributed by atoms with E-state index in [-0.39, 0.29) is 99.5 Å². The second-order valence-corrected chi connectivity index (χ2v) is 21.6. The maximum atomic E-state index is 14.6. The van der Waals surface area contributed by atoms with Gasteiger partial charge in [-0.2, -0.15) is 0 Å². The minimum Gasteiger partial charge on any atom is -0.460 e. The summed E-state index contributed by atoms with van der Waals surface area (Å²) in [5.41, 5.74) is 1.19. The molecular formula is C57H90N2O15. The van der Waals surface area contributed by atoms with Crippen molar-refractivity contribution in [3.05, 3.63) is 47.6 Å². The predicted octanol–water partition coefficient (Wildman–Crippen LogP) is 6.09. The van der Waals surface area contributed by atoms with E-state index in [4.69, 9.17) is 28.4 Å². The number of hydrogen-bond donors (Lipinski definition) is 4. The highest BCUT2D eigenvalue weighted by molar-refractivity contribution is 6.39. The van der Waals surface area contributed by atoms with Gasteiger partial charge in [0.1, 0.15) is 30.1 Å². The van der Waals surface area contributed by atoms with Gasteiger partial charge in [0.2, 0.25) is 11.7 Å². The van der Waals surface area contributed by atoms with E-state index in [1.807, 2.05) is 51.2 Å². The molecule has 0 aromatic carbocycles. The molecule has 74 heavy (non-hydrogen) atoms. The lowest BCUT2D eigenvalue weighted by molar-refractivity contribution is -0.266. The molecule has 2 bridgehead atoms. The molecule has 0 aromatic rings. The van der Waals surface area contributed by atoms with Crippen LogP contribution in [0.1, 0.15) is 138 Å². The number of ether oxygens (including phenoxy) is 6. The van der Waals surface area contributed by atoms with Crippen molar-refractivity contribution in [2.75, 3.05) is 47.6 Å². The normalized spacial score (nSPS) is 36.9. The molecule has 1 saturated carbocycles. The third-order valence-corrected chi connectivity index (χ3v) is 15.7. The lowest BCUT2D eigenvalue weighted by Gasteiger charge is -2.43. The van der Waals surface area contributed by atoms with E-state index < -0.39 is 77.8 Å². The second-order valence-electron chi connectivity index (χ2n) is 21.6. The molecule has 17 heteroatoms. The summed E-state index contributed by atoms with van der Waals surface area (Å²) in [6.07, 6.45) is 12.0. The van der Waals surface area contributed by atoms with Crippen LogP contribution in [0.15, 0.2) is 47.6 Å². The molecule has 17 nitrogen and oxygen atoms in total. The highest BCUT2D eigenvalue weighted by Gasteiger charge is 2.53. The molecule has 0 aromatic heterocycles. The molecule has 0 radical (unpaired) electrons. The number of rotatable bonds is 13. The molecule has 15 atom stereocenters. The van der Waals surface area contributed by atoms with Crippen LogP contribution in [0.3, 0.4) is 0 Å². The fourth-order valence-corrected chi connectivity index (χ4v) is 11.0. The number of allylic oxidation sites excluding steroid dienone is 6. The van der Waals surface area contributed by atoms with Crippen LogP contribution in [0, 0.1) is 35.5 Å². The Bertz CT molecular complexity index is 1980. The number of nitrogens with one attached hydrogen (secondary N) is 1. The van der Waals surface area contributed by atoms with Gasteiger partial charge in [0.15, 0.2) is 5.78 Å². The lowest BCUT2D eigenvalue weighted by Crippen LogP contribution is -2.61. The van der Waals surface area contributed by atoms with E-state index in [1.165, 1.54) is 12.0 Å². The third kappa shape index (κ3) is 17.8. The fourth-order valence-electron chi connectivity index (χ4n) is 11.0. The van der Waals surface area contributed by atoms with Crippen molar-refractivity contribution < 1.29 is 72.5 Å². The first-order chi connectivity index (χ1) is 35.2. The Morgan fingerprint density at radius 1 is 0.892 bits per heavy atom. The van der Waals surface area contributed by atoms with Crippen LogP contribution in [0.25, 0.3) is 0 Å². The molecule has 3 aliphatic heterocycles. The van der Waals surface area contributed by atoms with Crippen molar-refractivity contribution >= 4 is 35.1 Å². The number of ketones is 3. The number of methoxy groups -OCH3 is 2.